The molecule has 2 heterocycles. The molecule has 1 amide bonds. The Balaban J connectivity index is 1.84. The molecular weight excluding hydrogens is 442 g/mol. The van der Waals surface area contributed by atoms with Gasteiger partial charge in [0, 0.05) is 12.1 Å². The third kappa shape index (κ3) is 6.31. The first kappa shape index (κ1) is 25.1. The molecule has 182 valence electrons. The van der Waals surface area contributed by atoms with Gasteiger partial charge in [-0.15, -0.1) is 0 Å². The first-order chi connectivity index (χ1) is 16.0. The number of pyridine rings is 2. The van der Waals surface area contributed by atoms with Crippen LogP contribution in [0.1, 0.15) is 58.2 Å². The maximum Gasteiger partial charge on any atom is 0.407 e. The van der Waals surface area contributed by atoms with E-state index in [9.17, 15) is 18.8 Å². The van der Waals surface area contributed by atoms with E-state index in [1.54, 1.807) is 20.8 Å². The third-order valence-electron chi connectivity index (χ3n) is 5.63. The molecule has 1 fully saturated rings. The van der Waals surface area contributed by atoms with Gasteiger partial charge >= 0.3 is 6.09 Å². The van der Waals surface area contributed by atoms with E-state index in [1.807, 2.05) is 13.0 Å². The Bertz CT molecular complexity index is 1090. The molecule has 1 saturated carbocycles. The van der Waals surface area contributed by atoms with Crippen molar-refractivity contribution in [2.75, 3.05) is 10.6 Å². The number of hydrogen-bond acceptors (Lipinski definition) is 7. The normalized spacial score (nSPS) is 15.5. The van der Waals surface area contributed by atoms with E-state index in [-0.39, 0.29) is 46.6 Å². The van der Waals surface area contributed by atoms with E-state index < -0.39 is 23.3 Å². The highest BCUT2D eigenvalue weighted by molar-refractivity contribution is 5.68. The minimum atomic E-state index is -0.705. The highest BCUT2D eigenvalue weighted by atomic mass is 19.1. The summed E-state index contributed by atoms with van der Waals surface area (Å²) in [6.45, 7) is 8.68. The van der Waals surface area contributed by atoms with Crippen molar-refractivity contribution in [3.63, 3.8) is 0 Å². The molecule has 34 heavy (non-hydrogen) atoms. The lowest BCUT2D eigenvalue weighted by atomic mass is 9.77. The molecule has 0 bridgehead atoms. The molecule has 0 aliphatic heterocycles. The fourth-order valence-corrected chi connectivity index (χ4v) is 3.67. The number of alkyl carbamates (subject to hydrolysis) is 1. The molecule has 3 rings (SSSR count). The lowest BCUT2D eigenvalue weighted by Crippen LogP contribution is -2.51. The molecule has 2 aromatic rings. The summed E-state index contributed by atoms with van der Waals surface area (Å²) in [6, 6.07) is 3.49. The van der Waals surface area contributed by atoms with E-state index in [0.29, 0.717) is 0 Å². The Morgan fingerprint density at radius 3 is 2.50 bits per heavy atom. The van der Waals surface area contributed by atoms with Crippen molar-refractivity contribution in [1.82, 2.24) is 15.3 Å². The first-order valence-corrected chi connectivity index (χ1v) is 11.2. The van der Waals surface area contributed by atoms with Crippen LogP contribution in [-0.4, -0.2) is 33.7 Å². The average molecular weight is 473 g/mol. The summed E-state index contributed by atoms with van der Waals surface area (Å²) < 4.78 is 34.1. The zero-order valence-electron chi connectivity index (χ0n) is 20.0. The second kappa shape index (κ2) is 10.2. The Morgan fingerprint density at radius 2 is 1.94 bits per heavy atom. The summed E-state index contributed by atoms with van der Waals surface area (Å²) in [7, 11) is 0. The summed E-state index contributed by atoms with van der Waals surface area (Å²) >= 11 is 0. The van der Waals surface area contributed by atoms with Crippen molar-refractivity contribution in [3.8, 4) is 6.07 Å². The molecule has 1 aliphatic carbocycles. The van der Waals surface area contributed by atoms with Crippen LogP contribution in [0.2, 0.25) is 0 Å². The van der Waals surface area contributed by atoms with E-state index in [4.69, 9.17) is 4.74 Å². The van der Waals surface area contributed by atoms with Crippen molar-refractivity contribution in [2.45, 2.75) is 71.6 Å². The zero-order chi connectivity index (χ0) is 25.0. The summed E-state index contributed by atoms with van der Waals surface area (Å²) in [4.78, 5) is 20.5. The summed E-state index contributed by atoms with van der Waals surface area (Å²) in [5.41, 5.74) is -0.172. The summed E-state index contributed by atoms with van der Waals surface area (Å²) in [5.74, 6) is -1.03. The van der Waals surface area contributed by atoms with Gasteiger partial charge in [-0.2, -0.15) is 5.26 Å². The van der Waals surface area contributed by atoms with Crippen LogP contribution in [0.3, 0.4) is 0 Å². The molecule has 8 nitrogen and oxygen atoms in total. The van der Waals surface area contributed by atoms with Crippen LogP contribution < -0.4 is 16.0 Å². The SMILES string of the molecule is Cc1ncc(Nc2nc(N[C@H](C3CCC3)[C@H](C)NC(=O)OC(C)(C)C)c(F)cc2C#N)cc1F. The molecule has 10 heteroatoms. The highest BCUT2D eigenvalue weighted by Crippen LogP contribution is 2.34. The fraction of sp³-hybridized carbons (Fsp3) is 0.500. The van der Waals surface area contributed by atoms with Crippen LogP contribution in [-0.2, 0) is 4.74 Å². The standard InChI is InChI=1S/C24H30F2N6O2/c1-13-18(25)10-17(12-28-13)30-21-16(11-27)9-19(26)22(32-21)31-20(15-7-6-8-15)14(2)29-23(33)34-24(3,4)5/h9-10,12,14-15,20H,6-8H2,1-5H3,(H,29,33)(H2,30,31,32)/t14-,20-/m0/s1. The topological polar surface area (TPSA) is 112 Å². The second-order valence-corrected chi connectivity index (χ2v) is 9.54. The fourth-order valence-electron chi connectivity index (χ4n) is 3.67. The maximum absolute atomic E-state index is 14.9. The highest BCUT2D eigenvalue weighted by Gasteiger charge is 2.34. The molecule has 0 spiro atoms. The minimum absolute atomic E-state index is 0.0378. The van der Waals surface area contributed by atoms with Gasteiger partial charge in [0.2, 0.25) is 0 Å². The molecule has 0 radical (unpaired) electrons. The van der Waals surface area contributed by atoms with Crippen LogP contribution in [0.4, 0.5) is 30.9 Å². The van der Waals surface area contributed by atoms with Crippen LogP contribution in [0.25, 0.3) is 0 Å². The van der Waals surface area contributed by atoms with Gasteiger partial charge in [-0.3, -0.25) is 4.98 Å². The number of carbonyl (C=O) groups is 1. The predicted octanol–water partition coefficient (Wildman–Crippen LogP) is 5.17. The third-order valence-corrected chi connectivity index (χ3v) is 5.63. The maximum atomic E-state index is 14.9. The van der Waals surface area contributed by atoms with Crippen molar-refractivity contribution in [3.05, 3.63) is 41.2 Å². The molecular formula is C24H30F2N6O2. The van der Waals surface area contributed by atoms with Crippen molar-refractivity contribution >= 4 is 23.4 Å². The van der Waals surface area contributed by atoms with E-state index in [2.05, 4.69) is 25.9 Å². The number of hydrogen-bond donors (Lipinski definition) is 3. The number of ether oxygens (including phenoxy) is 1. The number of aromatic nitrogens is 2. The largest absolute Gasteiger partial charge is 0.444 e. The Hall–Kier alpha value is -3.48. The van der Waals surface area contributed by atoms with Crippen LogP contribution in [0.5, 0.6) is 0 Å². The van der Waals surface area contributed by atoms with Gasteiger partial charge in [0.15, 0.2) is 17.5 Å². The molecule has 2 atom stereocenters. The number of nitrogens with one attached hydrogen (secondary N) is 3. The van der Waals surface area contributed by atoms with Gasteiger partial charge in [0.1, 0.15) is 17.5 Å². The van der Waals surface area contributed by atoms with Gasteiger partial charge < -0.3 is 20.7 Å². The minimum Gasteiger partial charge on any atom is -0.444 e. The van der Waals surface area contributed by atoms with Gasteiger partial charge in [0.05, 0.1) is 29.2 Å². The second-order valence-electron chi connectivity index (χ2n) is 9.54. The molecule has 2 aromatic heterocycles. The van der Waals surface area contributed by atoms with Gasteiger partial charge in [0.25, 0.3) is 0 Å². The predicted molar refractivity (Wildman–Crippen MR) is 125 cm³/mol. The van der Waals surface area contributed by atoms with Gasteiger partial charge in [-0.25, -0.2) is 18.6 Å². The number of carbonyl (C=O) groups excluding carboxylic acids is 1. The average Bonchev–Trinajstić information content (AvgIpc) is 2.69. The van der Waals surface area contributed by atoms with Crippen LogP contribution >= 0.6 is 0 Å². The molecule has 3 N–H and O–H groups in total. The quantitative estimate of drug-likeness (QED) is 0.509. The van der Waals surface area contributed by atoms with Crippen molar-refractivity contribution in [2.24, 2.45) is 5.92 Å². The molecule has 0 saturated heterocycles. The number of halogens is 2. The monoisotopic (exact) mass is 472 g/mol. The molecule has 0 aromatic carbocycles. The van der Waals surface area contributed by atoms with Gasteiger partial charge in [-0.1, -0.05) is 6.42 Å². The summed E-state index contributed by atoms with van der Waals surface area (Å²) in [5, 5.41) is 18.2. The Kier molecular flexibility index (Phi) is 7.54. The summed E-state index contributed by atoms with van der Waals surface area (Å²) in [6.07, 6.45) is 3.74. The molecule has 1 aliphatic rings. The first-order valence-electron chi connectivity index (χ1n) is 11.2. The number of rotatable bonds is 7. The Morgan fingerprint density at radius 1 is 1.24 bits per heavy atom. The number of nitriles is 1. The van der Waals surface area contributed by atoms with E-state index in [1.165, 1.54) is 19.2 Å². The van der Waals surface area contributed by atoms with E-state index >= 15 is 0 Å². The zero-order valence-corrected chi connectivity index (χ0v) is 20.0. The lowest BCUT2D eigenvalue weighted by Gasteiger charge is -2.38. The van der Waals surface area contributed by atoms with E-state index in [0.717, 1.165) is 25.3 Å². The number of anilines is 3. The van der Waals surface area contributed by atoms with Crippen molar-refractivity contribution < 1.29 is 18.3 Å². The van der Waals surface area contributed by atoms with Crippen molar-refractivity contribution in [1.29, 1.82) is 5.26 Å². The number of amides is 1. The smallest absolute Gasteiger partial charge is 0.407 e. The van der Waals surface area contributed by atoms with Gasteiger partial charge in [-0.05, 0) is 59.4 Å². The molecule has 0 unspecified atom stereocenters. The number of aryl methyl sites for hydroxylation is 1. The van der Waals surface area contributed by atoms with Crippen LogP contribution in [0.15, 0.2) is 18.3 Å². The lowest BCUT2D eigenvalue weighted by molar-refractivity contribution is 0.0492. The van der Waals surface area contributed by atoms with Crippen LogP contribution in [0, 0.1) is 35.8 Å². The number of nitrogens with zero attached hydrogens (tertiary/aromatic N) is 3. The Labute approximate surface area is 198 Å².